The predicted octanol–water partition coefficient (Wildman–Crippen LogP) is 4.71. The first-order chi connectivity index (χ1) is 11.2. The number of likely N-dealkylation sites (tertiary alicyclic amines) is 1. The summed E-state index contributed by atoms with van der Waals surface area (Å²) in [6.45, 7) is 3.76. The van der Waals surface area contributed by atoms with Gasteiger partial charge in [0.15, 0.2) is 0 Å². The van der Waals surface area contributed by atoms with Crippen LogP contribution in [0, 0.1) is 5.92 Å². The van der Waals surface area contributed by atoms with Crippen LogP contribution in [-0.4, -0.2) is 24.1 Å². The number of hydrogen-bond donors (Lipinski definition) is 0. The van der Waals surface area contributed by atoms with Gasteiger partial charge in [0.2, 0.25) is 0 Å². The minimum atomic E-state index is -0.270. The Labute approximate surface area is 136 Å². The largest absolute Gasteiger partial charge is 0.457 e. The quantitative estimate of drug-likeness (QED) is 0.824. The summed E-state index contributed by atoms with van der Waals surface area (Å²) < 4.78 is 11.1. The first-order valence-corrected chi connectivity index (χ1v) is 8.00. The molecule has 0 bridgehead atoms. The third-order valence-electron chi connectivity index (χ3n) is 4.05. The van der Waals surface area contributed by atoms with Gasteiger partial charge in [-0.1, -0.05) is 25.1 Å². The van der Waals surface area contributed by atoms with Crippen LogP contribution in [0.5, 0.6) is 17.2 Å². The van der Waals surface area contributed by atoms with E-state index in [2.05, 4.69) is 6.92 Å². The van der Waals surface area contributed by atoms with Crippen molar-refractivity contribution in [3.05, 3.63) is 54.6 Å². The molecule has 120 valence electrons. The number of hydrogen-bond acceptors (Lipinski definition) is 3. The molecule has 1 saturated heterocycles. The first kappa shape index (κ1) is 15.4. The number of amides is 1. The van der Waals surface area contributed by atoms with Gasteiger partial charge in [-0.2, -0.15) is 0 Å². The molecule has 2 aromatic carbocycles. The van der Waals surface area contributed by atoms with E-state index in [1.165, 1.54) is 0 Å². The van der Waals surface area contributed by atoms with Crippen molar-refractivity contribution in [2.24, 2.45) is 5.92 Å². The lowest BCUT2D eigenvalue weighted by Gasteiger charge is -2.29. The molecular weight excluding hydrogens is 290 g/mol. The number of piperidine rings is 1. The second-order valence-electron chi connectivity index (χ2n) is 5.92. The number of rotatable bonds is 3. The van der Waals surface area contributed by atoms with Gasteiger partial charge >= 0.3 is 6.09 Å². The molecule has 1 aliphatic rings. The van der Waals surface area contributed by atoms with Crippen LogP contribution < -0.4 is 9.47 Å². The molecule has 0 aromatic heterocycles. The first-order valence-electron chi connectivity index (χ1n) is 8.00. The van der Waals surface area contributed by atoms with Gasteiger partial charge in [0.25, 0.3) is 0 Å². The van der Waals surface area contributed by atoms with Gasteiger partial charge in [-0.25, -0.2) is 4.79 Å². The number of carbonyl (C=O) groups excluding carboxylic acids is 1. The highest BCUT2D eigenvalue weighted by Crippen LogP contribution is 2.24. The zero-order valence-electron chi connectivity index (χ0n) is 13.3. The average Bonchev–Trinajstić information content (AvgIpc) is 2.58. The van der Waals surface area contributed by atoms with Crippen molar-refractivity contribution in [2.75, 3.05) is 13.1 Å². The van der Waals surface area contributed by atoms with Crippen molar-refractivity contribution in [3.8, 4) is 17.2 Å². The fourth-order valence-electron chi connectivity index (χ4n) is 2.56. The van der Waals surface area contributed by atoms with Gasteiger partial charge in [0.1, 0.15) is 17.2 Å². The maximum absolute atomic E-state index is 12.1. The Morgan fingerprint density at radius 3 is 2.13 bits per heavy atom. The second kappa shape index (κ2) is 7.18. The molecule has 23 heavy (non-hydrogen) atoms. The Morgan fingerprint density at radius 1 is 0.913 bits per heavy atom. The van der Waals surface area contributed by atoms with Crippen LogP contribution in [0.15, 0.2) is 54.6 Å². The number of ether oxygens (including phenoxy) is 2. The van der Waals surface area contributed by atoms with Crippen molar-refractivity contribution in [2.45, 2.75) is 19.8 Å². The summed E-state index contributed by atoms with van der Waals surface area (Å²) in [5.41, 5.74) is 0. The van der Waals surface area contributed by atoms with Crippen LogP contribution in [0.1, 0.15) is 19.8 Å². The predicted molar refractivity (Wildman–Crippen MR) is 89.0 cm³/mol. The van der Waals surface area contributed by atoms with Gasteiger partial charge in [-0.3, -0.25) is 0 Å². The molecule has 4 heteroatoms. The highest BCUT2D eigenvalue weighted by molar-refractivity contribution is 5.70. The van der Waals surface area contributed by atoms with Crippen LogP contribution in [0.3, 0.4) is 0 Å². The lowest BCUT2D eigenvalue weighted by Crippen LogP contribution is -2.39. The lowest BCUT2D eigenvalue weighted by molar-refractivity contribution is 0.133. The van der Waals surface area contributed by atoms with Crippen molar-refractivity contribution in [1.29, 1.82) is 0 Å². The monoisotopic (exact) mass is 311 g/mol. The van der Waals surface area contributed by atoms with Gasteiger partial charge in [-0.15, -0.1) is 0 Å². The van der Waals surface area contributed by atoms with E-state index in [1.54, 1.807) is 29.2 Å². The van der Waals surface area contributed by atoms with E-state index in [4.69, 9.17) is 9.47 Å². The summed E-state index contributed by atoms with van der Waals surface area (Å²) in [6.07, 6.45) is 1.81. The van der Waals surface area contributed by atoms with Gasteiger partial charge in [0, 0.05) is 13.1 Å². The highest BCUT2D eigenvalue weighted by atomic mass is 16.6. The Balaban J connectivity index is 1.56. The van der Waals surface area contributed by atoms with E-state index in [9.17, 15) is 4.79 Å². The molecule has 3 rings (SSSR count). The molecule has 4 nitrogen and oxygen atoms in total. The molecule has 1 heterocycles. The Bertz CT molecular complexity index is 631. The van der Waals surface area contributed by atoms with Gasteiger partial charge in [0.05, 0.1) is 0 Å². The number of para-hydroxylation sites is 1. The Kier molecular flexibility index (Phi) is 4.81. The molecule has 1 fully saturated rings. The molecule has 1 aliphatic heterocycles. The Morgan fingerprint density at radius 2 is 1.48 bits per heavy atom. The third-order valence-corrected chi connectivity index (χ3v) is 4.05. The minimum absolute atomic E-state index is 0.270. The maximum Gasteiger partial charge on any atom is 0.415 e. The molecule has 0 N–H and O–H groups in total. The molecule has 2 aromatic rings. The molecule has 0 atom stereocenters. The summed E-state index contributed by atoms with van der Waals surface area (Å²) in [5.74, 6) is 2.71. The van der Waals surface area contributed by atoms with Crippen LogP contribution in [-0.2, 0) is 0 Å². The standard InChI is InChI=1S/C19H21NO3/c1-15-11-13-20(14-12-15)19(21)23-18-9-7-17(8-10-18)22-16-5-3-2-4-6-16/h2-10,15H,11-14H2,1H3. The van der Waals surface area contributed by atoms with E-state index in [0.717, 1.165) is 31.7 Å². The summed E-state index contributed by atoms with van der Waals surface area (Å²) in [6, 6.07) is 16.7. The van der Waals surface area contributed by atoms with Crippen LogP contribution in [0.2, 0.25) is 0 Å². The van der Waals surface area contributed by atoms with Crippen LogP contribution >= 0.6 is 0 Å². The summed E-state index contributed by atoms with van der Waals surface area (Å²) in [4.78, 5) is 13.9. The summed E-state index contributed by atoms with van der Waals surface area (Å²) in [5, 5.41) is 0. The summed E-state index contributed by atoms with van der Waals surface area (Å²) in [7, 11) is 0. The Hall–Kier alpha value is -2.49. The van der Waals surface area contributed by atoms with Gasteiger partial charge in [-0.05, 0) is 55.2 Å². The fraction of sp³-hybridized carbons (Fsp3) is 0.316. The van der Waals surface area contributed by atoms with Crippen molar-refractivity contribution < 1.29 is 14.3 Å². The van der Waals surface area contributed by atoms with E-state index in [1.807, 2.05) is 30.3 Å². The maximum atomic E-state index is 12.1. The van der Waals surface area contributed by atoms with E-state index < -0.39 is 0 Å². The van der Waals surface area contributed by atoms with Crippen LogP contribution in [0.25, 0.3) is 0 Å². The molecule has 0 radical (unpaired) electrons. The number of nitrogens with zero attached hydrogens (tertiary/aromatic N) is 1. The normalized spacial score (nSPS) is 15.3. The van der Waals surface area contributed by atoms with Crippen molar-refractivity contribution >= 4 is 6.09 Å². The van der Waals surface area contributed by atoms with E-state index in [-0.39, 0.29) is 6.09 Å². The minimum Gasteiger partial charge on any atom is -0.457 e. The SMILES string of the molecule is CC1CCN(C(=O)Oc2ccc(Oc3ccccc3)cc2)CC1. The topological polar surface area (TPSA) is 38.8 Å². The smallest absolute Gasteiger partial charge is 0.415 e. The van der Waals surface area contributed by atoms with E-state index >= 15 is 0 Å². The zero-order valence-corrected chi connectivity index (χ0v) is 13.3. The lowest BCUT2D eigenvalue weighted by atomic mass is 10.00. The molecular formula is C19H21NO3. The van der Waals surface area contributed by atoms with E-state index in [0.29, 0.717) is 17.4 Å². The molecule has 0 spiro atoms. The second-order valence-corrected chi connectivity index (χ2v) is 5.92. The number of benzene rings is 2. The number of carbonyl (C=O) groups is 1. The molecule has 0 unspecified atom stereocenters. The van der Waals surface area contributed by atoms with Crippen LogP contribution in [0.4, 0.5) is 4.79 Å². The zero-order chi connectivity index (χ0) is 16.1. The van der Waals surface area contributed by atoms with Crippen molar-refractivity contribution in [1.82, 2.24) is 4.90 Å². The third kappa shape index (κ3) is 4.25. The molecule has 0 aliphatic carbocycles. The molecule has 1 amide bonds. The highest BCUT2D eigenvalue weighted by Gasteiger charge is 2.21. The average molecular weight is 311 g/mol. The fourth-order valence-corrected chi connectivity index (χ4v) is 2.56. The van der Waals surface area contributed by atoms with Gasteiger partial charge < -0.3 is 14.4 Å². The van der Waals surface area contributed by atoms with Crippen molar-refractivity contribution in [3.63, 3.8) is 0 Å². The summed E-state index contributed by atoms with van der Waals surface area (Å²) >= 11 is 0. The molecule has 0 saturated carbocycles.